The molecule has 0 spiro atoms. The van der Waals surface area contributed by atoms with Gasteiger partial charge in [0.1, 0.15) is 5.75 Å². The van der Waals surface area contributed by atoms with E-state index in [0.717, 1.165) is 11.1 Å². The summed E-state index contributed by atoms with van der Waals surface area (Å²) in [7, 11) is 0. The molecule has 128 valence electrons. The maximum atomic E-state index is 12.1. The molecular weight excluding hydrogens is 320 g/mol. The van der Waals surface area contributed by atoms with Gasteiger partial charge in [-0.3, -0.25) is 9.78 Å². The van der Waals surface area contributed by atoms with Gasteiger partial charge in [0.25, 0.3) is 5.91 Å². The Labute approximate surface area is 145 Å². The fourth-order valence-corrected chi connectivity index (χ4v) is 2.13. The molecule has 2 aromatic heterocycles. The lowest BCUT2D eigenvalue weighted by Crippen LogP contribution is -2.35. The van der Waals surface area contributed by atoms with Crippen LogP contribution < -0.4 is 10.1 Å². The van der Waals surface area contributed by atoms with Gasteiger partial charge in [-0.05, 0) is 38.1 Å². The Morgan fingerprint density at radius 2 is 1.92 bits per heavy atom. The molecule has 1 unspecified atom stereocenters. The molecule has 0 radical (unpaired) electrons. The van der Waals surface area contributed by atoms with E-state index >= 15 is 0 Å². The van der Waals surface area contributed by atoms with E-state index in [1.54, 1.807) is 31.5 Å². The molecule has 0 aliphatic heterocycles. The Balaban J connectivity index is 1.53. The minimum Gasteiger partial charge on any atom is -0.481 e. The second-order valence-electron chi connectivity index (χ2n) is 5.54. The molecule has 3 rings (SSSR count). The highest BCUT2D eigenvalue weighted by atomic mass is 16.5. The second kappa shape index (κ2) is 7.57. The van der Waals surface area contributed by atoms with Crippen LogP contribution in [0.3, 0.4) is 0 Å². The van der Waals surface area contributed by atoms with Gasteiger partial charge in [-0.2, -0.15) is 4.98 Å². The van der Waals surface area contributed by atoms with E-state index in [4.69, 9.17) is 9.26 Å². The number of pyridine rings is 1. The second-order valence-corrected chi connectivity index (χ2v) is 5.54. The first-order chi connectivity index (χ1) is 12.1. The standard InChI is InChI=1S/C18H18N4O3/c1-12-3-5-15(6-4-12)24-13(2)18(23)20-11-16-21-17(22-25-16)14-7-9-19-10-8-14/h3-10,13H,11H2,1-2H3,(H,20,23). The van der Waals surface area contributed by atoms with Crippen LogP contribution in [-0.4, -0.2) is 27.1 Å². The van der Waals surface area contributed by atoms with Crippen LogP contribution in [0.4, 0.5) is 0 Å². The van der Waals surface area contributed by atoms with Crippen LogP contribution in [0, 0.1) is 6.92 Å². The molecule has 1 amide bonds. The van der Waals surface area contributed by atoms with Gasteiger partial charge in [-0.1, -0.05) is 22.9 Å². The summed E-state index contributed by atoms with van der Waals surface area (Å²) in [4.78, 5) is 20.3. The maximum absolute atomic E-state index is 12.1. The van der Waals surface area contributed by atoms with Gasteiger partial charge >= 0.3 is 0 Å². The average molecular weight is 338 g/mol. The summed E-state index contributed by atoms with van der Waals surface area (Å²) in [5.74, 6) is 1.16. The van der Waals surface area contributed by atoms with Gasteiger partial charge in [0, 0.05) is 18.0 Å². The van der Waals surface area contributed by atoms with Crippen molar-refractivity contribution in [1.82, 2.24) is 20.4 Å². The maximum Gasteiger partial charge on any atom is 0.261 e. The zero-order valence-corrected chi connectivity index (χ0v) is 14.0. The molecule has 0 saturated carbocycles. The van der Waals surface area contributed by atoms with Crippen LogP contribution in [0.2, 0.25) is 0 Å². The zero-order chi connectivity index (χ0) is 17.6. The number of nitrogens with zero attached hydrogens (tertiary/aromatic N) is 3. The summed E-state index contributed by atoms with van der Waals surface area (Å²) in [6.45, 7) is 3.81. The Morgan fingerprint density at radius 3 is 2.64 bits per heavy atom. The largest absolute Gasteiger partial charge is 0.481 e. The quantitative estimate of drug-likeness (QED) is 0.743. The highest BCUT2D eigenvalue weighted by molar-refractivity contribution is 5.80. The third-order valence-electron chi connectivity index (χ3n) is 3.52. The lowest BCUT2D eigenvalue weighted by Gasteiger charge is -2.14. The Morgan fingerprint density at radius 1 is 1.20 bits per heavy atom. The van der Waals surface area contributed by atoms with E-state index in [-0.39, 0.29) is 12.5 Å². The smallest absolute Gasteiger partial charge is 0.261 e. The minimum absolute atomic E-state index is 0.137. The lowest BCUT2D eigenvalue weighted by atomic mass is 10.2. The Bertz CT molecular complexity index is 831. The van der Waals surface area contributed by atoms with Crippen LogP contribution >= 0.6 is 0 Å². The number of ether oxygens (including phenoxy) is 1. The molecule has 0 bridgehead atoms. The predicted octanol–water partition coefficient (Wildman–Crippen LogP) is 2.52. The number of benzene rings is 1. The SMILES string of the molecule is Cc1ccc(OC(C)C(=O)NCc2nc(-c3ccncc3)no2)cc1. The van der Waals surface area contributed by atoms with Gasteiger partial charge in [0.15, 0.2) is 6.10 Å². The van der Waals surface area contributed by atoms with Gasteiger partial charge in [0.2, 0.25) is 11.7 Å². The molecule has 0 saturated heterocycles. The number of amides is 1. The van der Waals surface area contributed by atoms with Crippen molar-refractivity contribution >= 4 is 5.91 Å². The first-order valence-corrected chi connectivity index (χ1v) is 7.86. The van der Waals surface area contributed by atoms with Crippen molar-refractivity contribution in [3.8, 4) is 17.1 Å². The molecule has 25 heavy (non-hydrogen) atoms. The number of hydrogen-bond donors (Lipinski definition) is 1. The van der Waals surface area contributed by atoms with E-state index < -0.39 is 6.10 Å². The van der Waals surface area contributed by atoms with Gasteiger partial charge in [0.05, 0.1) is 6.54 Å². The van der Waals surface area contributed by atoms with Crippen LogP contribution in [0.15, 0.2) is 53.3 Å². The summed E-state index contributed by atoms with van der Waals surface area (Å²) in [5, 5.41) is 6.61. The molecule has 1 N–H and O–H groups in total. The Kier molecular flexibility index (Phi) is 5.03. The molecule has 1 atom stereocenters. The van der Waals surface area contributed by atoms with Gasteiger partial charge in [-0.25, -0.2) is 0 Å². The molecule has 0 aliphatic carbocycles. The van der Waals surface area contributed by atoms with Crippen LogP contribution in [0.25, 0.3) is 11.4 Å². The van der Waals surface area contributed by atoms with Gasteiger partial charge < -0.3 is 14.6 Å². The molecule has 7 heteroatoms. The third-order valence-corrected chi connectivity index (χ3v) is 3.52. The van der Waals surface area contributed by atoms with Crippen LogP contribution in [-0.2, 0) is 11.3 Å². The molecule has 3 aromatic rings. The minimum atomic E-state index is -0.634. The van der Waals surface area contributed by atoms with E-state index in [0.29, 0.717) is 17.5 Å². The van der Waals surface area contributed by atoms with Crippen molar-refractivity contribution < 1.29 is 14.1 Å². The summed E-state index contributed by atoms with van der Waals surface area (Å²) in [5.41, 5.74) is 1.93. The number of nitrogens with one attached hydrogen (secondary N) is 1. The normalized spacial score (nSPS) is 11.8. The number of aryl methyl sites for hydroxylation is 1. The summed E-state index contributed by atoms with van der Waals surface area (Å²) >= 11 is 0. The lowest BCUT2D eigenvalue weighted by molar-refractivity contribution is -0.127. The first kappa shape index (κ1) is 16.6. The van der Waals surface area contributed by atoms with Gasteiger partial charge in [-0.15, -0.1) is 0 Å². The average Bonchev–Trinajstić information content (AvgIpc) is 3.11. The Hall–Kier alpha value is -3.22. The first-order valence-electron chi connectivity index (χ1n) is 7.86. The fourth-order valence-electron chi connectivity index (χ4n) is 2.13. The topological polar surface area (TPSA) is 90.1 Å². The monoisotopic (exact) mass is 338 g/mol. The molecule has 0 fully saturated rings. The zero-order valence-electron chi connectivity index (χ0n) is 14.0. The summed E-state index contributed by atoms with van der Waals surface area (Å²) < 4.78 is 10.8. The highest BCUT2D eigenvalue weighted by Gasteiger charge is 2.16. The van der Waals surface area contributed by atoms with E-state index in [9.17, 15) is 4.79 Å². The number of aromatic nitrogens is 3. The van der Waals surface area contributed by atoms with E-state index in [2.05, 4.69) is 20.4 Å². The summed E-state index contributed by atoms with van der Waals surface area (Å²) in [6.07, 6.45) is 2.67. The summed E-state index contributed by atoms with van der Waals surface area (Å²) in [6, 6.07) is 11.1. The number of carbonyl (C=O) groups is 1. The van der Waals surface area contributed by atoms with E-state index in [1.165, 1.54) is 0 Å². The number of carbonyl (C=O) groups excluding carboxylic acids is 1. The third kappa shape index (κ3) is 4.41. The van der Waals surface area contributed by atoms with Crippen LogP contribution in [0.5, 0.6) is 5.75 Å². The van der Waals surface area contributed by atoms with Crippen molar-refractivity contribution in [3.05, 3.63) is 60.2 Å². The van der Waals surface area contributed by atoms with Crippen molar-refractivity contribution in [2.75, 3.05) is 0 Å². The molecular formula is C18H18N4O3. The predicted molar refractivity (Wildman–Crippen MR) is 90.6 cm³/mol. The number of hydrogen-bond acceptors (Lipinski definition) is 6. The molecule has 1 aromatic carbocycles. The van der Waals surface area contributed by atoms with Crippen molar-refractivity contribution in [2.45, 2.75) is 26.5 Å². The molecule has 0 aliphatic rings. The fraction of sp³-hybridized carbons (Fsp3) is 0.222. The molecule has 2 heterocycles. The molecule has 7 nitrogen and oxygen atoms in total. The van der Waals surface area contributed by atoms with Crippen molar-refractivity contribution in [1.29, 1.82) is 0 Å². The van der Waals surface area contributed by atoms with Crippen molar-refractivity contribution in [3.63, 3.8) is 0 Å². The number of rotatable bonds is 6. The van der Waals surface area contributed by atoms with Crippen molar-refractivity contribution in [2.24, 2.45) is 0 Å². The van der Waals surface area contributed by atoms with E-state index in [1.807, 2.05) is 31.2 Å². The van der Waals surface area contributed by atoms with Crippen LogP contribution in [0.1, 0.15) is 18.4 Å². The highest BCUT2D eigenvalue weighted by Crippen LogP contribution is 2.15.